The third-order valence-corrected chi connectivity index (χ3v) is 9.52. The molecule has 43 heavy (non-hydrogen) atoms. The minimum absolute atomic E-state index is 0.00950. The molecule has 3 aromatic rings. The van der Waals surface area contributed by atoms with E-state index in [1.54, 1.807) is 0 Å². The van der Waals surface area contributed by atoms with E-state index in [9.17, 15) is 24.0 Å². The van der Waals surface area contributed by atoms with E-state index in [0.717, 1.165) is 47.8 Å². The van der Waals surface area contributed by atoms with E-state index in [0.29, 0.717) is 24.3 Å². The topological polar surface area (TPSA) is 133 Å². The van der Waals surface area contributed by atoms with Crippen molar-refractivity contribution in [1.29, 1.82) is 0 Å². The highest BCUT2D eigenvalue weighted by Crippen LogP contribution is 2.29. The molecule has 1 unspecified atom stereocenters. The number of Topliss-reactive ketones (excluding diaryl/α,β-unsaturated/α-hetero) is 1. The summed E-state index contributed by atoms with van der Waals surface area (Å²) >= 11 is 1.36. The zero-order valence-electron chi connectivity index (χ0n) is 24.1. The van der Waals surface area contributed by atoms with Gasteiger partial charge in [0.25, 0.3) is 11.8 Å². The molecule has 5 rings (SSSR count). The number of ketones is 1. The van der Waals surface area contributed by atoms with Crippen molar-refractivity contribution in [2.45, 2.75) is 70.0 Å². The van der Waals surface area contributed by atoms with Gasteiger partial charge >= 0.3 is 0 Å². The van der Waals surface area contributed by atoms with Gasteiger partial charge in [-0.3, -0.25) is 24.0 Å². The number of thiophene rings is 1. The first-order valence-electron chi connectivity index (χ1n) is 15.1. The molecule has 1 aliphatic carbocycles. The van der Waals surface area contributed by atoms with E-state index in [-0.39, 0.29) is 30.7 Å². The van der Waals surface area contributed by atoms with E-state index < -0.39 is 35.6 Å². The fraction of sp³-hybridized carbons (Fsp3) is 0.424. The summed E-state index contributed by atoms with van der Waals surface area (Å²) in [7, 11) is 0. The summed E-state index contributed by atoms with van der Waals surface area (Å²) in [4.78, 5) is 66.4. The molecule has 0 radical (unpaired) electrons. The Hall–Kier alpha value is -4.05. The van der Waals surface area contributed by atoms with Crippen molar-refractivity contribution in [3.8, 4) is 0 Å². The van der Waals surface area contributed by atoms with Crippen molar-refractivity contribution >= 4 is 50.8 Å². The van der Waals surface area contributed by atoms with Crippen LogP contribution in [-0.4, -0.2) is 48.0 Å². The molecule has 4 amide bonds. The summed E-state index contributed by atoms with van der Waals surface area (Å²) in [5.74, 6) is -2.95. The van der Waals surface area contributed by atoms with Gasteiger partial charge in [0, 0.05) is 23.7 Å². The molecule has 3 atom stereocenters. The first-order valence-corrected chi connectivity index (χ1v) is 15.9. The summed E-state index contributed by atoms with van der Waals surface area (Å²) in [5.41, 5.74) is 0.830. The maximum Gasteiger partial charge on any atom is 0.289 e. The Balaban J connectivity index is 1.32. The third-order valence-electron chi connectivity index (χ3n) is 8.40. The van der Waals surface area contributed by atoms with Crippen molar-refractivity contribution < 1.29 is 24.0 Å². The van der Waals surface area contributed by atoms with E-state index in [1.165, 1.54) is 11.3 Å². The molecule has 2 aliphatic rings. The Morgan fingerprint density at radius 1 is 0.860 bits per heavy atom. The lowest BCUT2D eigenvalue weighted by atomic mass is 9.84. The molecule has 2 aromatic carbocycles. The van der Waals surface area contributed by atoms with Gasteiger partial charge in [-0.1, -0.05) is 80.6 Å². The zero-order valence-corrected chi connectivity index (χ0v) is 24.9. The fourth-order valence-corrected chi connectivity index (χ4v) is 6.96. The number of hydrogen-bond acceptors (Lipinski definition) is 6. The first-order chi connectivity index (χ1) is 20.9. The van der Waals surface area contributed by atoms with Gasteiger partial charge in [-0.15, -0.1) is 11.3 Å². The number of benzene rings is 2. The Kier molecular flexibility index (Phi) is 10.2. The lowest BCUT2D eigenvalue weighted by molar-refractivity contribution is -0.141. The van der Waals surface area contributed by atoms with Gasteiger partial charge in [-0.25, -0.2) is 0 Å². The molecule has 4 N–H and O–H groups in total. The number of fused-ring (bicyclic) bond motifs is 1. The molecular weight excluding hydrogens is 564 g/mol. The molecular formula is C33H38N4O5S. The van der Waals surface area contributed by atoms with Crippen LogP contribution < -0.4 is 21.3 Å². The SMILES string of the molecule is O=C(NCc1ccccc1)C(=O)C(C[C@@H]1CCNC1=O)NC(=O)[C@H](CC1CCCCC1)NC(=O)c1cc2ccccc2s1. The molecule has 1 saturated carbocycles. The predicted octanol–water partition coefficient (Wildman–Crippen LogP) is 3.87. The highest BCUT2D eigenvalue weighted by molar-refractivity contribution is 7.20. The van der Waals surface area contributed by atoms with Crippen LogP contribution in [0.2, 0.25) is 0 Å². The van der Waals surface area contributed by atoms with Gasteiger partial charge in [0.1, 0.15) is 6.04 Å². The van der Waals surface area contributed by atoms with E-state index in [2.05, 4.69) is 21.3 Å². The van der Waals surface area contributed by atoms with Gasteiger partial charge in [0.15, 0.2) is 0 Å². The van der Waals surface area contributed by atoms with Crippen molar-refractivity contribution in [3.05, 3.63) is 71.1 Å². The Morgan fingerprint density at radius 3 is 2.33 bits per heavy atom. The molecule has 2 fully saturated rings. The van der Waals surface area contributed by atoms with Crippen LogP contribution >= 0.6 is 11.3 Å². The summed E-state index contributed by atoms with van der Waals surface area (Å²) < 4.78 is 0.975. The average molecular weight is 603 g/mol. The van der Waals surface area contributed by atoms with Gasteiger partial charge in [0.2, 0.25) is 17.6 Å². The van der Waals surface area contributed by atoms with E-state index in [1.807, 2.05) is 60.7 Å². The summed E-state index contributed by atoms with van der Waals surface area (Å²) in [6, 6.07) is 16.6. The third kappa shape index (κ3) is 8.07. The highest BCUT2D eigenvalue weighted by Gasteiger charge is 2.36. The van der Waals surface area contributed by atoms with Crippen LogP contribution in [0.1, 0.15) is 66.6 Å². The number of rotatable bonds is 12. The van der Waals surface area contributed by atoms with Crippen LogP contribution in [0.5, 0.6) is 0 Å². The molecule has 10 heteroatoms. The van der Waals surface area contributed by atoms with E-state index >= 15 is 0 Å². The number of amides is 4. The van der Waals surface area contributed by atoms with Gasteiger partial charge in [-0.05, 0) is 48.3 Å². The lowest BCUT2D eigenvalue weighted by Gasteiger charge is -2.28. The van der Waals surface area contributed by atoms with Crippen molar-refractivity contribution in [2.24, 2.45) is 11.8 Å². The molecule has 2 heterocycles. The summed E-state index contributed by atoms with van der Waals surface area (Å²) in [5, 5.41) is 12.1. The largest absolute Gasteiger partial charge is 0.356 e. The zero-order chi connectivity index (χ0) is 30.2. The normalized spacial score (nSPS) is 18.4. The smallest absolute Gasteiger partial charge is 0.289 e. The predicted molar refractivity (Wildman–Crippen MR) is 165 cm³/mol. The Bertz CT molecular complexity index is 1430. The first kappa shape index (κ1) is 30.4. The van der Waals surface area contributed by atoms with Gasteiger partial charge in [0.05, 0.1) is 10.9 Å². The summed E-state index contributed by atoms with van der Waals surface area (Å²) in [6.45, 7) is 0.639. The maximum atomic E-state index is 13.8. The molecule has 0 spiro atoms. The van der Waals surface area contributed by atoms with Crippen molar-refractivity contribution in [3.63, 3.8) is 0 Å². The van der Waals surface area contributed by atoms with Crippen LogP contribution in [0.4, 0.5) is 0 Å². The second-order valence-electron chi connectivity index (χ2n) is 11.5. The quantitative estimate of drug-likeness (QED) is 0.234. The minimum atomic E-state index is -1.20. The number of hydrogen-bond donors (Lipinski definition) is 4. The number of carbonyl (C=O) groups is 5. The van der Waals surface area contributed by atoms with Gasteiger partial charge < -0.3 is 21.3 Å². The molecule has 1 aliphatic heterocycles. The molecule has 0 bridgehead atoms. The Labute approximate surface area is 255 Å². The van der Waals surface area contributed by atoms with Crippen LogP contribution in [0, 0.1) is 11.8 Å². The molecule has 1 aromatic heterocycles. The molecule has 1 saturated heterocycles. The second kappa shape index (κ2) is 14.4. The lowest BCUT2D eigenvalue weighted by Crippen LogP contribution is -2.55. The Morgan fingerprint density at radius 2 is 1.60 bits per heavy atom. The maximum absolute atomic E-state index is 13.8. The van der Waals surface area contributed by atoms with Crippen LogP contribution in [0.25, 0.3) is 10.1 Å². The number of nitrogens with one attached hydrogen (secondary N) is 4. The monoisotopic (exact) mass is 602 g/mol. The van der Waals surface area contributed by atoms with Gasteiger partial charge in [-0.2, -0.15) is 0 Å². The van der Waals surface area contributed by atoms with Crippen LogP contribution in [0.15, 0.2) is 60.7 Å². The van der Waals surface area contributed by atoms with Crippen molar-refractivity contribution in [2.75, 3.05) is 6.54 Å². The molecule has 9 nitrogen and oxygen atoms in total. The molecule has 226 valence electrons. The van der Waals surface area contributed by atoms with Crippen molar-refractivity contribution in [1.82, 2.24) is 21.3 Å². The van der Waals surface area contributed by atoms with Crippen LogP contribution in [-0.2, 0) is 25.7 Å². The van der Waals surface area contributed by atoms with E-state index in [4.69, 9.17) is 0 Å². The summed E-state index contributed by atoms with van der Waals surface area (Å²) in [6.07, 6.45) is 6.19. The number of carbonyl (C=O) groups excluding carboxylic acids is 5. The standard InChI is InChI=1S/C33H38N4O5S/c38-29(33(42)35-20-22-11-5-2-6-12-22)25(18-24-15-16-34-30(24)39)36-31(40)26(17-21-9-3-1-4-10-21)37-32(41)28-19-23-13-7-8-14-27(23)43-28/h2,5-8,11-14,19,21,24-26H,1,3-4,9-10,15-18,20H2,(H,34,39)(H,35,42)(H,36,40)(H,37,41)/t24-,25?,26-/m0/s1. The second-order valence-corrected chi connectivity index (χ2v) is 12.6. The minimum Gasteiger partial charge on any atom is -0.356 e. The average Bonchev–Trinajstić information content (AvgIpc) is 3.65. The van der Waals surface area contributed by atoms with Crippen LogP contribution in [0.3, 0.4) is 0 Å². The fourth-order valence-electron chi connectivity index (χ4n) is 5.99. The highest BCUT2D eigenvalue weighted by atomic mass is 32.1.